The van der Waals surface area contributed by atoms with Crippen LogP contribution in [0.15, 0.2) is 36.4 Å². The molecule has 22 heavy (non-hydrogen) atoms. The Hall–Kier alpha value is -1.71. The molecule has 2 aromatic rings. The summed E-state index contributed by atoms with van der Waals surface area (Å²) in [7, 11) is 0. The number of hydrogen-bond donors (Lipinski definition) is 2. The van der Waals surface area contributed by atoms with E-state index < -0.39 is 0 Å². The van der Waals surface area contributed by atoms with Gasteiger partial charge in [-0.2, -0.15) is 0 Å². The fraction of sp³-hybridized carbons (Fsp3) is 0.235. The molecule has 0 aliphatic carbocycles. The summed E-state index contributed by atoms with van der Waals surface area (Å²) < 4.78 is 0. The van der Waals surface area contributed by atoms with E-state index in [0.29, 0.717) is 28.7 Å². The zero-order valence-electron chi connectivity index (χ0n) is 12.5. The van der Waals surface area contributed by atoms with Crippen molar-refractivity contribution in [3.05, 3.63) is 57.6 Å². The van der Waals surface area contributed by atoms with Crippen LogP contribution in [0.1, 0.15) is 17.5 Å². The number of hydrogen-bond acceptors (Lipinski definition) is 2. The van der Waals surface area contributed by atoms with Gasteiger partial charge in [0.1, 0.15) is 0 Å². The van der Waals surface area contributed by atoms with E-state index in [0.717, 1.165) is 5.69 Å². The number of halogens is 2. The molecule has 2 N–H and O–H groups in total. The van der Waals surface area contributed by atoms with Gasteiger partial charge in [-0.25, -0.2) is 0 Å². The van der Waals surface area contributed by atoms with Crippen molar-refractivity contribution in [1.82, 2.24) is 0 Å². The number of rotatable bonds is 5. The third kappa shape index (κ3) is 4.65. The molecule has 1 amide bonds. The van der Waals surface area contributed by atoms with Crippen molar-refractivity contribution in [3.63, 3.8) is 0 Å². The van der Waals surface area contributed by atoms with Crippen LogP contribution in [-0.4, -0.2) is 12.5 Å². The first-order chi connectivity index (χ1) is 10.5. The average molecular weight is 337 g/mol. The van der Waals surface area contributed by atoms with Crippen molar-refractivity contribution in [2.24, 2.45) is 0 Å². The highest BCUT2D eigenvalue weighted by Crippen LogP contribution is 2.25. The number of nitrogens with one attached hydrogen (secondary N) is 2. The lowest BCUT2D eigenvalue weighted by molar-refractivity contribution is -0.115. The van der Waals surface area contributed by atoms with Gasteiger partial charge < -0.3 is 10.6 Å². The second-order valence-electron chi connectivity index (χ2n) is 5.15. The van der Waals surface area contributed by atoms with Gasteiger partial charge in [-0.05, 0) is 55.3 Å². The molecule has 0 saturated carbocycles. The molecule has 0 spiro atoms. The van der Waals surface area contributed by atoms with Crippen molar-refractivity contribution >= 4 is 40.5 Å². The Bertz CT molecular complexity index is 686. The minimum atomic E-state index is -0.0967. The first-order valence-corrected chi connectivity index (χ1v) is 7.77. The molecule has 0 atom stereocenters. The van der Waals surface area contributed by atoms with Gasteiger partial charge >= 0.3 is 0 Å². The molecule has 0 saturated heterocycles. The molecule has 3 nitrogen and oxygen atoms in total. The molecule has 0 aromatic heterocycles. The van der Waals surface area contributed by atoms with Gasteiger partial charge in [-0.15, -0.1) is 0 Å². The zero-order valence-corrected chi connectivity index (χ0v) is 14.1. The molecular formula is C17H18Cl2N2O. The normalized spacial score (nSPS) is 10.4. The zero-order chi connectivity index (χ0) is 16.1. The highest BCUT2D eigenvalue weighted by molar-refractivity contribution is 6.36. The molecule has 2 aromatic carbocycles. The first kappa shape index (κ1) is 16.7. The van der Waals surface area contributed by atoms with Crippen LogP contribution in [0.25, 0.3) is 0 Å². The van der Waals surface area contributed by atoms with Crippen LogP contribution < -0.4 is 10.6 Å². The van der Waals surface area contributed by atoms with Crippen LogP contribution in [0.5, 0.6) is 0 Å². The smallest absolute Gasteiger partial charge is 0.226 e. The van der Waals surface area contributed by atoms with Gasteiger partial charge in [0.2, 0.25) is 5.91 Å². The quantitative estimate of drug-likeness (QED) is 0.801. The van der Waals surface area contributed by atoms with Gasteiger partial charge in [-0.3, -0.25) is 4.79 Å². The highest BCUT2D eigenvalue weighted by Gasteiger charge is 2.06. The predicted octanol–water partition coefficient (Wildman–Crippen LogP) is 5.05. The van der Waals surface area contributed by atoms with Gasteiger partial charge in [0, 0.05) is 23.7 Å². The molecule has 0 bridgehead atoms. The third-order valence-corrected chi connectivity index (χ3v) is 3.94. The van der Waals surface area contributed by atoms with E-state index >= 15 is 0 Å². The number of carbonyl (C=O) groups excluding carboxylic acids is 1. The van der Waals surface area contributed by atoms with E-state index in [1.807, 2.05) is 6.07 Å². The summed E-state index contributed by atoms with van der Waals surface area (Å²) in [6.45, 7) is 4.69. The summed E-state index contributed by atoms with van der Waals surface area (Å²) >= 11 is 11.8. The van der Waals surface area contributed by atoms with Crippen molar-refractivity contribution in [1.29, 1.82) is 0 Å². The largest absolute Gasteiger partial charge is 0.385 e. The number of aryl methyl sites for hydroxylation is 2. The lowest BCUT2D eigenvalue weighted by atomic mass is 10.1. The molecule has 2 rings (SSSR count). The standard InChI is InChI=1S/C17H18Cl2N2O/c1-11-3-5-14(9-12(11)2)20-8-7-17(22)21-16-6-4-13(18)10-15(16)19/h3-6,9-10,20H,7-8H2,1-2H3,(H,21,22). The lowest BCUT2D eigenvalue weighted by Crippen LogP contribution is -2.16. The monoisotopic (exact) mass is 336 g/mol. The van der Waals surface area contributed by atoms with E-state index in [1.165, 1.54) is 11.1 Å². The van der Waals surface area contributed by atoms with E-state index in [1.54, 1.807) is 18.2 Å². The maximum absolute atomic E-state index is 11.9. The Kier molecular flexibility index (Phi) is 5.69. The van der Waals surface area contributed by atoms with Crippen LogP contribution >= 0.6 is 23.2 Å². The predicted molar refractivity (Wildman–Crippen MR) is 94.1 cm³/mol. The van der Waals surface area contributed by atoms with Crippen molar-refractivity contribution in [3.8, 4) is 0 Å². The summed E-state index contributed by atoms with van der Waals surface area (Å²) in [5.74, 6) is -0.0967. The fourth-order valence-corrected chi connectivity index (χ4v) is 2.43. The van der Waals surface area contributed by atoms with E-state index in [2.05, 4.69) is 36.6 Å². The van der Waals surface area contributed by atoms with E-state index in [4.69, 9.17) is 23.2 Å². The SMILES string of the molecule is Cc1ccc(NCCC(=O)Nc2ccc(Cl)cc2Cl)cc1C. The summed E-state index contributed by atoms with van der Waals surface area (Å²) in [5.41, 5.74) is 4.06. The van der Waals surface area contributed by atoms with Crippen LogP contribution in [0.3, 0.4) is 0 Å². The molecule has 116 valence electrons. The number of benzene rings is 2. The third-order valence-electron chi connectivity index (χ3n) is 3.39. The van der Waals surface area contributed by atoms with Gasteiger partial charge in [0.25, 0.3) is 0 Å². The topological polar surface area (TPSA) is 41.1 Å². The van der Waals surface area contributed by atoms with Crippen molar-refractivity contribution in [2.75, 3.05) is 17.2 Å². The Morgan fingerprint density at radius 2 is 1.82 bits per heavy atom. The summed E-state index contributed by atoms with van der Waals surface area (Å²) in [6, 6.07) is 11.1. The van der Waals surface area contributed by atoms with Crippen LogP contribution in [0.2, 0.25) is 10.0 Å². The maximum Gasteiger partial charge on any atom is 0.226 e. The van der Waals surface area contributed by atoms with Crippen LogP contribution in [-0.2, 0) is 4.79 Å². The van der Waals surface area contributed by atoms with Crippen LogP contribution in [0.4, 0.5) is 11.4 Å². The average Bonchev–Trinajstić information content (AvgIpc) is 2.46. The summed E-state index contributed by atoms with van der Waals surface area (Å²) in [5, 5.41) is 6.99. The second kappa shape index (κ2) is 7.52. The number of carbonyl (C=O) groups is 1. The number of amides is 1. The van der Waals surface area contributed by atoms with Gasteiger partial charge in [0.15, 0.2) is 0 Å². The molecule has 0 aliphatic heterocycles. The Morgan fingerprint density at radius 1 is 1.05 bits per heavy atom. The highest BCUT2D eigenvalue weighted by atomic mass is 35.5. The second-order valence-corrected chi connectivity index (χ2v) is 5.99. The van der Waals surface area contributed by atoms with Crippen LogP contribution in [0, 0.1) is 13.8 Å². The first-order valence-electron chi connectivity index (χ1n) is 7.02. The van der Waals surface area contributed by atoms with Gasteiger partial charge in [-0.1, -0.05) is 29.3 Å². The fourth-order valence-electron chi connectivity index (χ4n) is 1.98. The van der Waals surface area contributed by atoms with E-state index in [-0.39, 0.29) is 5.91 Å². The molecule has 5 heteroatoms. The Balaban J connectivity index is 1.83. The Labute approximate surface area is 140 Å². The molecular weight excluding hydrogens is 319 g/mol. The molecule has 0 unspecified atom stereocenters. The van der Waals surface area contributed by atoms with Crippen molar-refractivity contribution in [2.45, 2.75) is 20.3 Å². The number of anilines is 2. The minimum absolute atomic E-state index is 0.0967. The summed E-state index contributed by atoms with van der Waals surface area (Å²) in [6.07, 6.45) is 0.353. The molecule has 0 aliphatic rings. The van der Waals surface area contributed by atoms with Gasteiger partial charge in [0.05, 0.1) is 10.7 Å². The summed E-state index contributed by atoms with van der Waals surface area (Å²) in [4.78, 5) is 11.9. The molecule has 0 radical (unpaired) electrons. The molecule has 0 heterocycles. The maximum atomic E-state index is 11.9. The minimum Gasteiger partial charge on any atom is -0.385 e. The van der Waals surface area contributed by atoms with Crippen molar-refractivity contribution < 1.29 is 4.79 Å². The Morgan fingerprint density at radius 3 is 2.50 bits per heavy atom. The lowest BCUT2D eigenvalue weighted by Gasteiger charge is -2.10. The van der Waals surface area contributed by atoms with E-state index in [9.17, 15) is 4.79 Å². The molecule has 0 fully saturated rings.